The summed E-state index contributed by atoms with van der Waals surface area (Å²) in [6, 6.07) is 18.6. The number of nitrogens with zero attached hydrogens (tertiary/aromatic N) is 4. The highest BCUT2D eigenvalue weighted by Gasteiger charge is 2.36. The minimum Gasteiger partial charge on any atom is -0.495 e. The molecule has 1 heterocycles. The Morgan fingerprint density at radius 1 is 0.950 bits per heavy atom. The van der Waals surface area contributed by atoms with E-state index in [1.54, 1.807) is 42.5 Å². The van der Waals surface area contributed by atoms with Crippen LogP contribution in [0.3, 0.4) is 0 Å². The molecule has 1 N–H and O–H groups in total. The number of para-hydroxylation sites is 3. The van der Waals surface area contributed by atoms with Crippen molar-refractivity contribution in [1.29, 1.82) is 0 Å². The van der Waals surface area contributed by atoms with E-state index in [0.29, 0.717) is 46.1 Å². The number of methoxy groups -OCH3 is 2. The number of aromatic nitrogens is 3. The van der Waals surface area contributed by atoms with E-state index in [-0.39, 0.29) is 18.4 Å². The van der Waals surface area contributed by atoms with Crippen molar-refractivity contribution in [2.45, 2.75) is 45.8 Å². The minimum atomic E-state index is -1.08. The average molecular weight is 546 g/mol. The molecule has 40 heavy (non-hydrogen) atoms. The number of carbonyl (C=O) groups excluding carboxylic acids is 2. The normalized spacial score (nSPS) is 12.1. The predicted molar refractivity (Wildman–Crippen MR) is 153 cm³/mol. The Balaban J connectivity index is 1.89. The molecule has 0 aliphatic heterocycles. The van der Waals surface area contributed by atoms with Crippen molar-refractivity contribution >= 4 is 28.5 Å². The summed E-state index contributed by atoms with van der Waals surface area (Å²) in [4.78, 5) is 29.8. The van der Waals surface area contributed by atoms with Crippen molar-refractivity contribution in [2.24, 2.45) is 0 Å². The molecule has 0 saturated carbocycles. The minimum absolute atomic E-state index is 0.161. The lowest BCUT2D eigenvalue weighted by Crippen LogP contribution is -2.50. The molecule has 0 saturated heterocycles. The first kappa shape index (κ1) is 28.4. The molecule has 1 atom stereocenters. The summed E-state index contributed by atoms with van der Waals surface area (Å²) in [5.41, 5.74) is 1.76. The van der Waals surface area contributed by atoms with E-state index < -0.39 is 11.6 Å². The summed E-state index contributed by atoms with van der Waals surface area (Å²) < 4.78 is 18.5. The monoisotopic (exact) mass is 545 g/mol. The van der Waals surface area contributed by atoms with Crippen LogP contribution in [-0.2, 0) is 16.1 Å². The zero-order valence-electron chi connectivity index (χ0n) is 23.7. The van der Waals surface area contributed by atoms with E-state index in [0.717, 1.165) is 0 Å². The molecule has 0 aliphatic rings. The fourth-order valence-electron chi connectivity index (χ4n) is 4.47. The van der Waals surface area contributed by atoms with Crippen LogP contribution in [0, 0.1) is 0 Å². The third kappa shape index (κ3) is 6.17. The number of hydrogen-bond acceptors (Lipinski definition) is 7. The number of fused-ring (bicyclic) bond motifs is 1. The molecular formula is C30H35N5O5. The van der Waals surface area contributed by atoms with Gasteiger partial charge in [-0.2, -0.15) is 0 Å². The van der Waals surface area contributed by atoms with Gasteiger partial charge in [0.05, 0.1) is 32.0 Å². The summed E-state index contributed by atoms with van der Waals surface area (Å²) in [6.07, 6.45) is 0. The number of carbonyl (C=O) groups is 2. The molecule has 10 heteroatoms. The molecule has 2 amide bonds. The SMILES string of the molecule is CCOc1ccc([C@H](C(=O)NC(C)(C)C)N(C(=O)Cn2nnc3ccccc32)c2ccccc2OC)cc1OC. The highest BCUT2D eigenvalue weighted by atomic mass is 16.5. The van der Waals surface area contributed by atoms with Crippen molar-refractivity contribution < 1.29 is 23.8 Å². The van der Waals surface area contributed by atoms with Gasteiger partial charge >= 0.3 is 0 Å². The molecule has 1 aromatic heterocycles. The van der Waals surface area contributed by atoms with Crippen LogP contribution in [0.4, 0.5) is 5.69 Å². The lowest BCUT2D eigenvalue weighted by molar-refractivity contribution is -0.128. The van der Waals surface area contributed by atoms with E-state index in [1.165, 1.54) is 23.8 Å². The first-order valence-corrected chi connectivity index (χ1v) is 13.0. The van der Waals surface area contributed by atoms with Gasteiger partial charge in [-0.1, -0.05) is 35.5 Å². The topological polar surface area (TPSA) is 108 Å². The van der Waals surface area contributed by atoms with Crippen LogP contribution < -0.4 is 24.4 Å². The van der Waals surface area contributed by atoms with Crippen molar-refractivity contribution in [3.63, 3.8) is 0 Å². The van der Waals surface area contributed by atoms with Gasteiger partial charge < -0.3 is 19.5 Å². The molecule has 210 valence electrons. The van der Waals surface area contributed by atoms with Crippen LogP contribution in [0.5, 0.6) is 17.2 Å². The van der Waals surface area contributed by atoms with Crippen molar-refractivity contribution in [3.05, 3.63) is 72.3 Å². The number of hydrogen-bond donors (Lipinski definition) is 1. The Morgan fingerprint density at radius 2 is 1.65 bits per heavy atom. The van der Waals surface area contributed by atoms with E-state index >= 15 is 0 Å². The molecular weight excluding hydrogens is 510 g/mol. The zero-order chi connectivity index (χ0) is 28.9. The van der Waals surface area contributed by atoms with Crippen LogP contribution in [0.1, 0.15) is 39.3 Å². The molecule has 0 spiro atoms. The summed E-state index contributed by atoms with van der Waals surface area (Å²) in [5, 5.41) is 11.4. The Hall–Kier alpha value is -4.60. The summed E-state index contributed by atoms with van der Waals surface area (Å²) in [6.45, 7) is 7.82. The lowest BCUT2D eigenvalue weighted by atomic mass is 10.00. The maximum atomic E-state index is 14.3. The van der Waals surface area contributed by atoms with Crippen molar-refractivity contribution in [1.82, 2.24) is 20.3 Å². The molecule has 4 aromatic rings. The third-order valence-electron chi connectivity index (χ3n) is 6.13. The average Bonchev–Trinajstić information content (AvgIpc) is 3.33. The predicted octanol–water partition coefficient (Wildman–Crippen LogP) is 4.54. The van der Waals surface area contributed by atoms with Gasteiger partial charge in [-0.25, -0.2) is 4.68 Å². The molecule has 0 radical (unpaired) electrons. The van der Waals surface area contributed by atoms with Gasteiger partial charge in [-0.05, 0) is 69.7 Å². The largest absolute Gasteiger partial charge is 0.495 e. The third-order valence-corrected chi connectivity index (χ3v) is 6.13. The van der Waals surface area contributed by atoms with Gasteiger partial charge in [0, 0.05) is 5.54 Å². The highest BCUT2D eigenvalue weighted by molar-refractivity contribution is 6.02. The molecule has 0 unspecified atom stereocenters. The zero-order valence-corrected chi connectivity index (χ0v) is 23.7. The van der Waals surface area contributed by atoms with Crippen molar-refractivity contribution in [2.75, 3.05) is 25.7 Å². The van der Waals surface area contributed by atoms with Crippen LogP contribution >= 0.6 is 0 Å². The quantitative estimate of drug-likeness (QED) is 0.312. The smallest absolute Gasteiger partial charge is 0.249 e. The highest BCUT2D eigenvalue weighted by Crippen LogP contribution is 2.38. The van der Waals surface area contributed by atoms with Crippen LogP contribution in [0.2, 0.25) is 0 Å². The number of ether oxygens (including phenoxy) is 3. The molecule has 10 nitrogen and oxygen atoms in total. The van der Waals surface area contributed by atoms with Gasteiger partial charge in [0.1, 0.15) is 23.9 Å². The second kappa shape index (κ2) is 12.1. The standard InChI is InChI=1S/C30H35N5O5/c1-7-40-25-17-16-20(18-26(25)39-6)28(29(37)31-30(2,3)4)35(23-14-10-11-15-24(23)38-5)27(36)19-34-22-13-9-8-12-21(22)32-33-34/h8-18,28H,7,19H2,1-6H3,(H,31,37)/t28-/m1/s1. The lowest BCUT2D eigenvalue weighted by Gasteiger charge is -2.34. The van der Waals surface area contributed by atoms with E-state index in [4.69, 9.17) is 14.2 Å². The van der Waals surface area contributed by atoms with Gasteiger partial charge in [-0.3, -0.25) is 14.5 Å². The molecule has 0 bridgehead atoms. The Bertz CT molecular complexity index is 1490. The number of anilines is 1. The molecule has 0 fully saturated rings. The Labute approximate surface area is 233 Å². The fourth-order valence-corrected chi connectivity index (χ4v) is 4.47. The van der Waals surface area contributed by atoms with Gasteiger partial charge in [0.2, 0.25) is 11.8 Å². The molecule has 4 rings (SSSR count). The number of benzene rings is 3. The van der Waals surface area contributed by atoms with Crippen LogP contribution in [0.25, 0.3) is 11.0 Å². The number of nitrogens with one attached hydrogen (secondary N) is 1. The fraction of sp³-hybridized carbons (Fsp3) is 0.333. The van der Waals surface area contributed by atoms with E-state index in [2.05, 4.69) is 15.6 Å². The van der Waals surface area contributed by atoms with Crippen LogP contribution in [0.15, 0.2) is 66.7 Å². The summed E-state index contributed by atoms with van der Waals surface area (Å²) >= 11 is 0. The van der Waals surface area contributed by atoms with Crippen LogP contribution in [-0.4, -0.2) is 53.2 Å². The molecule has 3 aromatic carbocycles. The Kier molecular flexibility index (Phi) is 8.57. The van der Waals surface area contributed by atoms with E-state index in [1.807, 2.05) is 52.0 Å². The molecule has 0 aliphatic carbocycles. The van der Waals surface area contributed by atoms with Gasteiger partial charge in [-0.15, -0.1) is 5.10 Å². The number of rotatable bonds is 10. The second-order valence-electron chi connectivity index (χ2n) is 10.2. The Morgan fingerprint density at radius 3 is 2.35 bits per heavy atom. The van der Waals surface area contributed by atoms with Crippen molar-refractivity contribution in [3.8, 4) is 17.2 Å². The summed E-state index contributed by atoms with van der Waals surface area (Å²) in [7, 11) is 3.06. The van der Waals surface area contributed by atoms with Gasteiger partial charge in [0.25, 0.3) is 0 Å². The first-order chi connectivity index (χ1) is 19.2. The first-order valence-electron chi connectivity index (χ1n) is 13.0. The maximum absolute atomic E-state index is 14.3. The van der Waals surface area contributed by atoms with Gasteiger partial charge in [0.15, 0.2) is 11.5 Å². The van der Waals surface area contributed by atoms with E-state index in [9.17, 15) is 9.59 Å². The number of amides is 2. The second-order valence-corrected chi connectivity index (χ2v) is 10.2. The summed E-state index contributed by atoms with van der Waals surface area (Å²) in [5.74, 6) is 0.657. The maximum Gasteiger partial charge on any atom is 0.249 e.